The highest BCUT2D eigenvalue weighted by molar-refractivity contribution is 14.1. The van der Waals surface area contributed by atoms with Gasteiger partial charge in [-0.2, -0.15) is 0 Å². The highest BCUT2D eigenvalue weighted by atomic mass is 127. The molecule has 0 aliphatic carbocycles. The van der Waals surface area contributed by atoms with Gasteiger partial charge in [-0.3, -0.25) is 4.99 Å². The quantitative estimate of drug-likeness (QED) is 0.489. The summed E-state index contributed by atoms with van der Waals surface area (Å²) in [6.45, 7) is 16.8. The third-order valence-electron chi connectivity index (χ3n) is 3.07. The van der Waals surface area contributed by atoms with Gasteiger partial charge in [0.1, 0.15) is 0 Å². The summed E-state index contributed by atoms with van der Waals surface area (Å²) in [5, 5.41) is 3.71. The van der Waals surface area contributed by atoms with Crippen LogP contribution in [0.4, 0.5) is 0 Å². The van der Waals surface area contributed by atoms with E-state index in [0.29, 0.717) is 6.04 Å². The maximum Gasteiger partial charge on any atom is 0.0562 e. The average molecular weight is 364 g/mol. The third-order valence-corrected chi connectivity index (χ3v) is 4.23. The smallest absolute Gasteiger partial charge is 0.0562 e. The fourth-order valence-corrected chi connectivity index (χ4v) is 2.74. The Labute approximate surface area is 127 Å². The van der Waals surface area contributed by atoms with Crippen molar-refractivity contribution in [2.75, 3.05) is 0 Å². The van der Waals surface area contributed by atoms with E-state index in [1.165, 1.54) is 10.0 Å². The van der Waals surface area contributed by atoms with E-state index < -0.39 is 0 Å². The lowest BCUT2D eigenvalue weighted by atomic mass is 9.86. The van der Waals surface area contributed by atoms with E-state index in [9.17, 15) is 0 Å². The van der Waals surface area contributed by atoms with Crippen LogP contribution in [0, 0.1) is 0 Å². The Kier molecular flexibility index (Phi) is 7.67. The first-order chi connectivity index (χ1) is 8.12. The molecule has 0 aliphatic heterocycles. The molecule has 0 aromatic rings. The van der Waals surface area contributed by atoms with Gasteiger partial charge in [-0.15, -0.1) is 0 Å². The van der Waals surface area contributed by atoms with E-state index in [0.717, 1.165) is 12.8 Å². The summed E-state index contributed by atoms with van der Waals surface area (Å²) < 4.78 is 1.44. The Bertz CT molecular complexity index is 293. The average Bonchev–Trinajstić information content (AvgIpc) is 2.23. The molecule has 3 heteroatoms. The molecule has 0 aromatic heterocycles. The summed E-state index contributed by atoms with van der Waals surface area (Å²) in [6, 6.07) is 0.519. The largest absolute Gasteiger partial charge is 0.309 e. The van der Waals surface area contributed by atoms with Crippen LogP contribution in [0.1, 0.15) is 60.8 Å². The number of nitrogens with zero attached hydrogens (tertiary/aromatic N) is 1. The second kappa shape index (κ2) is 7.63. The van der Waals surface area contributed by atoms with E-state index in [1.54, 1.807) is 0 Å². The molecule has 0 bridgehead atoms. The molecule has 1 atom stereocenters. The number of nitrogens with one attached hydrogen (secondary N) is 1. The van der Waals surface area contributed by atoms with Crippen molar-refractivity contribution in [3.8, 4) is 0 Å². The zero-order chi connectivity index (χ0) is 14.4. The summed E-state index contributed by atoms with van der Waals surface area (Å²) in [5.74, 6) is 0. The number of rotatable bonds is 8. The van der Waals surface area contributed by atoms with Crippen molar-refractivity contribution in [2.24, 2.45) is 4.99 Å². The Balaban J connectivity index is 4.27. The first-order valence-corrected chi connectivity index (χ1v) is 7.76. The van der Waals surface area contributed by atoms with Crippen LogP contribution >= 0.6 is 22.6 Å². The fraction of sp³-hybridized carbons (Fsp3) is 0.800. The molecule has 0 spiro atoms. The maximum atomic E-state index is 4.20. The van der Waals surface area contributed by atoms with E-state index in [2.05, 4.69) is 87.2 Å². The van der Waals surface area contributed by atoms with Crippen molar-refractivity contribution in [1.82, 2.24) is 5.32 Å². The van der Waals surface area contributed by atoms with E-state index in [4.69, 9.17) is 0 Å². The molecular formula is C15H29IN2. The first kappa shape index (κ1) is 18.1. The summed E-state index contributed by atoms with van der Waals surface area (Å²) in [6.07, 6.45) is 5.51. The first-order valence-electron chi connectivity index (χ1n) is 6.68. The second-order valence-electron chi connectivity index (χ2n) is 6.35. The summed E-state index contributed by atoms with van der Waals surface area (Å²) >= 11 is 2.41. The lowest BCUT2D eigenvalue weighted by Gasteiger charge is -2.35. The molecule has 0 aliphatic rings. The van der Waals surface area contributed by atoms with E-state index >= 15 is 0 Å². The van der Waals surface area contributed by atoms with Crippen molar-refractivity contribution in [1.29, 1.82) is 0 Å². The number of aliphatic imine (C=N–C) groups is 1. The Morgan fingerprint density at radius 1 is 1.39 bits per heavy atom. The number of allylic oxidation sites excluding steroid dienone is 2. The Morgan fingerprint density at radius 3 is 2.39 bits per heavy atom. The molecule has 2 nitrogen and oxygen atoms in total. The van der Waals surface area contributed by atoms with Crippen LogP contribution in [-0.2, 0) is 0 Å². The van der Waals surface area contributed by atoms with Crippen LogP contribution in [-0.4, -0.2) is 23.8 Å². The van der Waals surface area contributed by atoms with Crippen molar-refractivity contribution >= 4 is 29.3 Å². The molecule has 0 saturated carbocycles. The van der Waals surface area contributed by atoms with Crippen LogP contribution in [0.15, 0.2) is 14.6 Å². The molecule has 1 N–H and O–H groups in total. The molecule has 18 heavy (non-hydrogen) atoms. The highest BCUT2D eigenvalue weighted by Crippen LogP contribution is 2.24. The van der Waals surface area contributed by atoms with Crippen molar-refractivity contribution < 1.29 is 0 Å². The van der Waals surface area contributed by atoms with Gasteiger partial charge in [0.15, 0.2) is 0 Å². The minimum absolute atomic E-state index is 0.0615. The predicted octanol–water partition coefficient (Wildman–Crippen LogP) is 4.73. The van der Waals surface area contributed by atoms with E-state index in [-0.39, 0.29) is 11.1 Å². The normalized spacial score (nSPS) is 15.6. The monoisotopic (exact) mass is 364 g/mol. The lowest BCUT2D eigenvalue weighted by Crippen LogP contribution is -2.48. The van der Waals surface area contributed by atoms with Crippen LogP contribution in [0.2, 0.25) is 0 Å². The van der Waals surface area contributed by atoms with E-state index in [1.807, 2.05) is 0 Å². The van der Waals surface area contributed by atoms with Crippen LogP contribution in [0.25, 0.3) is 0 Å². The molecular weight excluding hydrogens is 335 g/mol. The standard InChI is InChI=1S/C15H29IN2/c1-8-13(16)10-9-12(2)18-15(5,6)11-14(3,4)17-7/h8,12,18H,7,9-11H2,1-6H3/b13-8+. The molecule has 0 saturated heterocycles. The molecule has 0 radical (unpaired) electrons. The van der Waals surface area contributed by atoms with Crippen LogP contribution in [0.3, 0.4) is 0 Å². The van der Waals surface area contributed by atoms with Gasteiger partial charge in [0.25, 0.3) is 0 Å². The van der Waals surface area contributed by atoms with Gasteiger partial charge in [-0.1, -0.05) is 6.08 Å². The lowest BCUT2D eigenvalue weighted by molar-refractivity contribution is 0.264. The molecule has 0 heterocycles. The fourth-order valence-electron chi connectivity index (χ4n) is 2.43. The zero-order valence-corrected chi connectivity index (χ0v) is 15.0. The highest BCUT2D eigenvalue weighted by Gasteiger charge is 2.28. The third kappa shape index (κ3) is 8.25. The SMILES string of the molecule is C=NC(C)(C)CC(C)(C)NC(C)CC/C(I)=C\C. The zero-order valence-electron chi connectivity index (χ0n) is 12.8. The van der Waals surface area contributed by atoms with Gasteiger partial charge >= 0.3 is 0 Å². The van der Waals surface area contributed by atoms with Gasteiger partial charge < -0.3 is 5.32 Å². The summed E-state index contributed by atoms with van der Waals surface area (Å²) in [7, 11) is 0. The molecule has 106 valence electrons. The molecule has 0 fully saturated rings. The predicted molar refractivity (Wildman–Crippen MR) is 91.9 cm³/mol. The Morgan fingerprint density at radius 2 is 1.94 bits per heavy atom. The second-order valence-corrected chi connectivity index (χ2v) is 7.74. The van der Waals surface area contributed by atoms with Crippen LogP contribution < -0.4 is 5.32 Å². The Hall–Kier alpha value is 0.100. The van der Waals surface area contributed by atoms with Gasteiger partial charge in [0.2, 0.25) is 0 Å². The van der Waals surface area contributed by atoms with Crippen LogP contribution in [0.5, 0.6) is 0 Å². The van der Waals surface area contributed by atoms with Crippen molar-refractivity contribution in [3.63, 3.8) is 0 Å². The van der Waals surface area contributed by atoms with Crippen molar-refractivity contribution in [2.45, 2.75) is 77.9 Å². The number of hydrogen-bond donors (Lipinski definition) is 1. The maximum absolute atomic E-state index is 4.20. The van der Waals surface area contributed by atoms with Gasteiger partial charge in [-0.25, -0.2) is 0 Å². The molecule has 0 rings (SSSR count). The van der Waals surface area contributed by atoms with Gasteiger partial charge in [0, 0.05) is 11.6 Å². The molecule has 0 aromatic carbocycles. The number of halogens is 1. The molecule has 0 amide bonds. The minimum atomic E-state index is -0.0615. The van der Waals surface area contributed by atoms with Gasteiger partial charge in [-0.05, 0) is 93.7 Å². The summed E-state index contributed by atoms with van der Waals surface area (Å²) in [5.41, 5.74) is 0.0272. The molecule has 1 unspecified atom stereocenters. The van der Waals surface area contributed by atoms with Crippen molar-refractivity contribution in [3.05, 3.63) is 9.66 Å². The topological polar surface area (TPSA) is 24.4 Å². The minimum Gasteiger partial charge on any atom is -0.309 e. The summed E-state index contributed by atoms with van der Waals surface area (Å²) in [4.78, 5) is 4.20. The number of hydrogen-bond acceptors (Lipinski definition) is 2. The van der Waals surface area contributed by atoms with Gasteiger partial charge in [0.05, 0.1) is 5.54 Å².